The Balaban J connectivity index is 3.43. The lowest BCUT2D eigenvalue weighted by atomic mass is 9.95. The zero-order chi connectivity index (χ0) is 26.2. The van der Waals surface area contributed by atoms with Gasteiger partial charge in [0, 0.05) is 12.8 Å². The first-order valence-corrected chi connectivity index (χ1v) is 15.2. The van der Waals surface area contributed by atoms with Gasteiger partial charge in [-0.05, 0) is 56.3 Å². The van der Waals surface area contributed by atoms with Crippen LogP contribution in [-0.2, 0) is 19.1 Å². The third kappa shape index (κ3) is 25.8. The minimum atomic E-state index is -0.0175. The van der Waals surface area contributed by atoms with Gasteiger partial charge < -0.3 is 9.47 Å². The number of carbonyl (C=O) groups is 2. The lowest BCUT2D eigenvalue weighted by Crippen LogP contribution is -2.12. The Bertz CT molecular complexity index is 486. The van der Waals surface area contributed by atoms with Crippen LogP contribution in [0.1, 0.15) is 157 Å². The van der Waals surface area contributed by atoms with E-state index in [2.05, 4.69) is 34.6 Å². The summed E-state index contributed by atoms with van der Waals surface area (Å²) < 4.78 is 10.7. The molecule has 0 aromatic rings. The maximum absolute atomic E-state index is 12.0. The Morgan fingerprint density at radius 1 is 0.543 bits per heavy atom. The van der Waals surface area contributed by atoms with E-state index in [0.29, 0.717) is 43.8 Å². The van der Waals surface area contributed by atoms with Crippen molar-refractivity contribution in [1.29, 1.82) is 0 Å². The van der Waals surface area contributed by atoms with Crippen LogP contribution < -0.4 is 0 Å². The van der Waals surface area contributed by atoms with Gasteiger partial charge in [0.2, 0.25) is 0 Å². The van der Waals surface area contributed by atoms with Crippen LogP contribution in [0.25, 0.3) is 0 Å². The number of hydrogen-bond acceptors (Lipinski definition) is 4. The van der Waals surface area contributed by atoms with Crippen molar-refractivity contribution in [1.82, 2.24) is 0 Å². The summed E-state index contributed by atoms with van der Waals surface area (Å²) in [7, 11) is 0. The molecule has 4 heteroatoms. The second-order valence-electron chi connectivity index (χ2n) is 11.4. The maximum Gasteiger partial charge on any atom is 0.306 e. The van der Waals surface area contributed by atoms with Gasteiger partial charge in [-0.25, -0.2) is 0 Å². The van der Waals surface area contributed by atoms with Crippen molar-refractivity contribution in [2.45, 2.75) is 157 Å². The van der Waals surface area contributed by atoms with E-state index in [1.54, 1.807) is 0 Å². The van der Waals surface area contributed by atoms with Crippen LogP contribution in [0.15, 0.2) is 0 Å². The molecule has 208 valence electrons. The molecule has 4 nitrogen and oxygen atoms in total. The monoisotopic (exact) mass is 496 g/mol. The van der Waals surface area contributed by atoms with Crippen LogP contribution in [0.2, 0.25) is 0 Å². The summed E-state index contributed by atoms with van der Waals surface area (Å²) in [5.41, 5.74) is 0. The lowest BCUT2D eigenvalue weighted by molar-refractivity contribution is -0.145. The first-order valence-electron chi connectivity index (χ1n) is 15.2. The quantitative estimate of drug-likeness (QED) is 0.0932. The van der Waals surface area contributed by atoms with Gasteiger partial charge in [-0.2, -0.15) is 0 Å². The van der Waals surface area contributed by atoms with E-state index in [1.807, 2.05) is 0 Å². The van der Waals surface area contributed by atoms with Crippen LogP contribution in [0.5, 0.6) is 0 Å². The fraction of sp³-hybridized carbons (Fsp3) is 0.935. The average molecular weight is 497 g/mol. The molecule has 0 rings (SSSR count). The van der Waals surface area contributed by atoms with E-state index in [4.69, 9.17) is 9.47 Å². The van der Waals surface area contributed by atoms with Gasteiger partial charge in [0.05, 0.1) is 13.2 Å². The summed E-state index contributed by atoms with van der Waals surface area (Å²) in [6.07, 6.45) is 21.4. The van der Waals surface area contributed by atoms with E-state index in [0.717, 1.165) is 51.4 Å². The van der Waals surface area contributed by atoms with Gasteiger partial charge in [0.15, 0.2) is 0 Å². The van der Waals surface area contributed by atoms with Crippen molar-refractivity contribution in [3.8, 4) is 0 Å². The van der Waals surface area contributed by atoms with Crippen molar-refractivity contribution < 1.29 is 19.1 Å². The molecule has 1 atom stereocenters. The van der Waals surface area contributed by atoms with Crippen molar-refractivity contribution in [2.75, 3.05) is 13.2 Å². The first kappa shape index (κ1) is 33.9. The van der Waals surface area contributed by atoms with Gasteiger partial charge in [-0.1, -0.05) is 105 Å². The van der Waals surface area contributed by atoms with Crippen LogP contribution >= 0.6 is 0 Å². The molecule has 35 heavy (non-hydrogen) atoms. The second kappa shape index (κ2) is 24.6. The summed E-state index contributed by atoms with van der Waals surface area (Å²) in [5, 5.41) is 0. The largest absolute Gasteiger partial charge is 0.466 e. The smallest absolute Gasteiger partial charge is 0.306 e. The normalized spacial score (nSPS) is 12.3. The van der Waals surface area contributed by atoms with Gasteiger partial charge in [-0.3, -0.25) is 9.59 Å². The fourth-order valence-corrected chi connectivity index (χ4v) is 4.47. The Morgan fingerprint density at radius 2 is 0.971 bits per heavy atom. The number of hydrogen-bond donors (Lipinski definition) is 0. The minimum absolute atomic E-state index is 0.00219. The SMILES string of the molecule is CCC(CCCCCCCCCCCCCC(=O)OCCCC(C)C)CC(=O)OCCCC(C)C. The van der Waals surface area contributed by atoms with Gasteiger partial charge >= 0.3 is 11.9 Å². The highest BCUT2D eigenvalue weighted by atomic mass is 16.5. The summed E-state index contributed by atoms with van der Waals surface area (Å²) >= 11 is 0. The summed E-state index contributed by atoms with van der Waals surface area (Å²) in [5.74, 6) is 1.82. The molecule has 0 aliphatic carbocycles. The molecule has 0 fully saturated rings. The Hall–Kier alpha value is -1.06. The Morgan fingerprint density at radius 3 is 1.43 bits per heavy atom. The molecule has 0 aromatic carbocycles. The number of carbonyl (C=O) groups excluding carboxylic acids is 2. The Labute approximate surface area is 218 Å². The van der Waals surface area contributed by atoms with E-state index >= 15 is 0 Å². The summed E-state index contributed by atoms with van der Waals surface area (Å²) in [6, 6.07) is 0. The van der Waals surface area contributed by atoms with Gasteiger partial charge in [0.1, 0.15) is 0 Å². The maximum atomic E-state index is 12.0. The molecule has 0 saturated carbocycles. The van der Waals surface area contributed by atoms with Crippen LogP contribution in [0.3, 0.4) is 0 Å². The summed E-state index contributed by atoms with van der Waals surface area (Å²) in [4.78, 5) is 23.7. The van der Waals surface area contributed by atoms with Gasteiger partial charge in [0.25, 0.3) is 0 Å². The fourth-order valence-electron chi connectivity index (χ4n) is 4.47. The molecule has 0 aliphatic rings. The van der Waals surface area contributed by atoms with Crippen molar-refractivity contribution in [2.24, 2.45) is 17.8 Å². The van der Waals surface area contributed by atoms with Gasteiger partial charge in [-0.15, -0.1) is 0 Å². The summed E-state index contributed by atoms with van der Waals surface area (Å²) in [6.45, 7) is 12.2. The van der Waals surface area contributed by atoms with E-state index < -0.39 is 0 Å². The first-order chi connectivity index (χ1) is 16.8. The number of esters is 2. The Kier molecular flexibility index (Phi) is 23.9. The van der Waals surface area contributed by atoms with Crippen molar-refractivity contribution in [3.05, 3.63) is 0 Å². The molecule has 0 radical (unpaired) electrons. The molecule has 0 amide bonds. The zero-order valence-electron chi connectivity index (χ0n) is 24.2. The number of unbranched alkanes of at least 4 members (excludes halogenated alkanes) is 10. The van der Waals surface area contributed by atoms with Crippen molar-refractivity contribution >= 4 is 11.9 Å². The highest BCUT2D eigenvalue weighted by Crippen LogP contribution is 2.19. The molecule has 0 bridgehead atoms. The highest BCUT2D eigenvalue weighted by molar-refractivity contribution is 5.69. The predicted molar refractivity (Wildman–Crippen MR) is 148 cm³/mol. The molecule has 0 aromatic heterocycles. The lowest BCUT2D eigenvalue weighted by Gasteiger charge is -2.14. The van der Waals surface area contributed by atoms with E-state index in [-0.39, 0.29) is 11.9 Å². The van der Waals surface area contributed by atoms with E-state index in [9.17, 15) is 9.59 Å². The van der Waals surface area contributed by atoms with E-state index in [1.165, 1.54) is 57.8 Å². The molecule has 0 heterocycles. The zero-order valence-corrected chi connectivity index (χ0v) is 24.2. The molecule has 0 spiro atoms. The minimum Gasteiger partial charge on any atom is -0.466 e. The number of rotatable bonds is 25. The highest BCUT2D eigenvalue weighted by Gasteiger charge is 2.13. The molecule has 0 saturated heterocycles. The molecular formula is C31H60O4. The topological polar surface area (TPSA) is 52.6 Å². The molecule has 0 N–H and O–H groups in total. The third-order valence-corrected chi connectivity index (χ3v) is 6.90. The third-order valence-electron chi connectivity index (χ3n) is 6.90. The molecular weight excluding hydrogens is 436 g/mol. The average Bonchev–Trinajstić information content (AvgIpc) is 2.81. The van der Waals surface area contributed by atoms with Crippen LogP contribution in [0.4, 0.5) is 0 Å². The standard InChI is InChI=1S/C31H60O4/c1-6-29(26-31(33)35-25-19-21-28(4)5)22-16-14-12-10-8-7-9-11-13-15-17-23-30(32)34-24-18-20-27(2)3/h27-29H,6-26H2,1-5H3. The van der Waals surface area contributed by atoms with Crippen molar-refractivity contribution in [3.63, 3.8) is 0 Å². The number of ether oxygens (including phenoxy) is 2. The molecule has 1 unspecified atom stereocenters. The molecule has 0 aliphatic heterocycles. The predicted octanol–water partition coefficient (Wildman–Crippen LogP) is 9.43. The van der Waals surface area contributed by atoms with Crippen LogP contribution in [-0.4, -0.2) is 25.2 Å². The van der Waals surface area contributed by atoms with Crippen LogP contribution in [0, 0.1) is 17.8 Å². The second-order valence-corrected chi connectivity index (χ2v) is 11.4.